The van der Waals surface area contributed by atoms with E-state index in [1.807, 2.05) is 48.5 Å². The largest absolute Gasteiger partial charge is 0.268 e. The van der Waals surface area contributed by atoms with Crippen molar-refractivity contribution in [3.8, 4) is 0 Å². The summed E-state index contributed by atoms with van der Waals surface area (Å²) in [6.07, 6.45) is 1.68. The van der Waals surface area contributed by atoms with Crippen LogP contribution in [0.25, 0.3) is 21.9 Å². The van der Waals surface area contributed by atoms with E-state index >= 15 is 0 Å². The van der Waals surface area contributed by atoms with Gasteiger partial charge in [-0.2, -0.15) is 0 Å². The Balaban J connectivity index is 1.68. The Labute approximate surface area is 161 Å². The van der Waals surface area contributed by atoms with Gasteiger partial charge in [0, 0.05) is 17.1 Å². The van der Waals surface area contributed by atoms with Crippen LogP contribution < -0.4 is 0 Å². The maximum Gasteiger partial charge on any atom is 0.268 e. The Kier molecular flexibility index (Phi) is 3.77. The third kappa shape index (κ3) is 2.59. The van der Waals surface area contributed by atoms with Gasteiger partial charge in [0.2, 0.25) is 0 Å². The van der Waals surface area contributed by atoms with Crippen molar-refractivity contribution in [2.24, 2.45) is 0 Å². The third-order valence-corrected chi connectivity index (χ3v) is 6.49. The molecule has 0 spiro atoms. The predicted octanol–water partition coefficient (Wildman–Crippen LogP) is 3.67. The molecule has 3 aromatic carbocycles. The number of hydrogen-bond acceptors (Lipinski definition) is 4. The zero-order valence-electron chi connectivity index (χ0n) is 14.8. The minimum absolute atomic E-state index is 0.258. The molecule has 2 aromatic heterocycles. The van der Waals surface area contributed by atoms with Gasteiger partial charge in [-0.25, -0.2) is 17.1 Å². The van der Waals surface area contributed by atoms with Crippen LogP contribution in [0.2, 0.25) is 0 Å². The van der Waals surface area contributed by atoms with E-state index in [4.69, 9.17) is 0 Å². The van der Waals surface area contributed by atoms with Crippen LogP contribution in [0.5, 0.6) is 0 Å². The van der Waals surface area contributed by atoms with E-state index in [0.717, 1.165) is 22.0 Å². The van der Waals surface area contributed by atoms with E-state index in [-0.39, 0.29) is 4.90 Å². The molecule has 0 aliphatic heterocycles. The van der Waals surface area contributed by atoms with Gasteiger partial charge in [0.1, 0.15) is 5.52 Å². The molecule has 0 fully saturated rings. The molecule has 0 bridgehead atoms. The Morgan fingerprint density at radius 3 is 2.29 bits per heavy atom. The van der Waals surface area contributed by atoms with Gasteiger partial charge in [-0.3, -0.25) is 0 Å². The fourth-order valence-electron chi connectivity index (χ4n) is 3.44. The Bertz CT molecular complexity index is 1400. The lowest BCUT2D eigenvalue weighted by atomic mass is 10.2. The first-order chi connectivity index (χ1) is 13.6. The van der Waals surface area contributed by atoms with Crippen molar-refractivity contribution in [3.05, 3.63) is 90.6 Å². The Morgan fingerprint density at radius 2 is 1.46 bits per heavy atom. The van der Waals surface area contributed by atoms with Crippen molar-refractivity contribution < 1.29 is 8.42 Å². The number of benzene rings is 3. The van der Waals surface area contributed by atoms with Gasteiger partial charge in [0.05, 0.1) is 22.5 Å². The number of para-hydroxylation sites is 2. The number of aromatic nitrogens is 4. The maximum atomic E-state index is 13.2. The van der Waals surface area contributed by atoms with Crippen molar-refractivity contribution in [2.75, 3.05) is 0 Å². The zero-order valence-corrected chi connectivity index (χ0v) is 15.6. The lowest BCUT2D eigenvalue weighted by Crippen LogP contribution is -2.11. The second-order valence-corrected chi connectivity index (χ2v) is 8.34. The van der Waals surface area contributed by atoms with Gasteiger partial charge in [-0.15, -0.1) is 5.10 Å². The summed E-state index contributed by atoms with van der Waals surface area (Å²) in [6, 6.07) is 23.7. The highest BCUT2D eigenvalue weighted by molar-refractivity contribution is 7.90. The molecule has 28 heavy (non-hydrogen) atoms. The second-order valence-electron chi connectivity index (χ2n) is 6.52. The van der Waals surface area contributed by atoms with Crippen molar-refractivity contribution in [3.63, 3.8) is 0 Å². The summed E-state index contributed by atoms with van der Waals surface area (Å²) in [5.74, 6) is 0. The summed E-state index contributed by atoms with van der Waals surface area (Å²) in [5.41, 5.74) is 3.23. The fraction of sp³-hybridized carbons (Fsp3) is 0.0476. The Hall–Kier alpha value is -3.45. The van der Waals surface area contributed by atoms with Gasteiger partial charge in [0.15, 0.2) is 0 Å². The van der Waals surface area contributed by atoms with Crippen molar-refractivity contribution in [1.82, 2.24) is 19.0 Å². The van der Waals surface area contributed by atoms with Gasteiger partial charge in [-0.1, -0.05) is 53.7 Å². The minimum atomic E-state index is -3.69. The smallest absolute Gasteiger partial charge is 0.241 e. The predicted molar refractivity (Wildman–Crippen MR) is 108 cm³/mol. The number of nitrogens with zero attached hydrogens (tertiary/aromatic N) is 4. The van der Waals surface area contributed by atoms with Gasteiger partial charge in [-0.05, 0) is 30.3 Å². The lowest BCUT2D eigenvalue weighted by molar-refractivity contribution is 0.588. The van der Waals surface area contributed by atoms with Crippen molar-refractivity contribution in [1.29, 1.82) is 0 Å². The monoisotopic (exact) mass is 388 g/mol. The van der Waals surface area contributed by atoms with Crippen LogP contribution in [0.3, 0.4) is 0 Å². The molecule has 0 N–H and O–H groups in total. The molecule has 0 aliphatic carbocycles. The van der Waals surface area contributed by atoms with Crippen LogP contribution in [0, 0.1) is 0 Å². The molecule has 138 valence electrons. The summed E-state index contributed by atoms with van der Waals surface area (Å²) in [7, 11) is -3.69. The average molecular weight is 388 g/mol. The molecular weight excluding hydrogens is 372 g/mol. The highest BCUT2D eigenvalue weighted by Gasteiger charge is 2.21. The molecule has 0 saturated heterocycles. The average Bonchev–Trinajstić information content (AvgIpc) is 3.32. The molecule has 7 heteroatoms. The van der Waals surface area contributed by atoms with E-state index in [0.29, 0.717) is 12.1 Å². The molecule has 5 aromatic rings. The van der Waals surface area contributed by atoms with E-state index in [2.05, 4.69) is 10.3 Å². The molecule has 0 saturated carbocycles. The molecule has 0 radical (unpaired) electrons. The quantitative estimate of drug-likeness (QED) is 0.471. The van der Waals surface area contributed by atoms with E-state index in [1.165, 1.54) is 3.97 Å². The molecule has 0 atom stereocenters. The zero-order chi connectivity index (χ0) is 19.1. The summed E-state index contributed by atoms with van der Waals surface area (Å²) < 4.78 is 29.5. The lowest BCUT2D eigenvalue weighted by Gasteiger charge is -2.07. The molecule has 0 amide bonds. The maximum absolute atomic E-state index is 13.2. The highest BCUT2D eigenvalue weighted by atomic mass is 32.2. The van der Waals surface area contributed by atoms with E-state index in [1.54, 1.807) is 41.2 Å². The van der Waals surface area contributed by atoms with Crippen LogP contribution in [-0.4, -0.2) is 27.4 Å². The fourth-order valence-corrected chi connectivity index (χ4v) is 4.86. The first kappa shape index (κ1) is 16.7. The molecular formula is C21H16N4O2S. The second kappa shape index (κ2) is 6.31. The van der Waals surface area contributed by atoms with E-state index in [9.17, 15) is 8.42 Å². The molecule has 0 aliphatic rings. The van der Waals surface area contributed by atoms with Crippen LogP contribution in [-0.2, 0) is 16.6 Å². The van der Waals surface area contributed by atoms with Crippen LogP contribution in [0.15, 0.2) is 90.0 Å². The highest BCUT2D eigenvalue weighted by Crippen LogP contribution is 2.27. The van der Waals surface area contributed by atoms with Crippen LogP contribution in [0.4, 0.5) is 0 Å². The molecule has 0 unspecified atom stereocenters. The van der Waals surface area contributed by atoms with Crippen molar-refractivity contribution in [2.45, 2.75) is 11.4 Å². The van der Waals surface area contributed by atoms with Crippen molar-refractivity contribution >= 4 is 32.0 Å². The Morgan fingerprint density at radius 1 is 0.786 bits per heavy atom. The summed E-state index contributed by atoms with van der Waals surface area (Å²) >= 11 is 0. The molecule has 6 nitrogen and oxygen atoms in total. The minimum Gasteiger partial charge on any atom is -0.241 e. The number of fused-ring (bicyclic) bond motifs is 2. The third-order valence-electron chi connectivity index (χ3n) is 4.80. The van der Waals surface area contributed by atoms with Crippen LogP contribution in [0.1, 0.15) is 5.56 Å². The first-order valence-corrected chi connectivity index (χ1v) is 10.3. The summed E-state index contributed by atoms with van der Waals surface area (Å²) in [4.78, 5) is 0.258. The number of hydrogen-bond donors (Lipinski definition) is 0. The topological polar surface area (TPSA) is 69.8 Å². The normalized spacial score (nSPS) is 12.0. The van der Waals surface area contributed by atoms with E-state index < -0.39 is 10.0 Å². The number of rotatable bonds is 4. The standard InChI is InChI=1S/C21H16N4O2S/c26-28(27,17-8-2-1-3-9-17)25-15-16(18-10-4-6-12-20(18)25)14-24-21-13-7-5-11-19(21)22-23-24/h1-13,15H,14H2. The van der Waals surface area contributed by atoms with Gasteiger partial charge < -0.3 is 0 Å². The first-order valence-electron chi connectivity index (χ1n) is 8.82. The molecule has 5 rings (SSSR count). The van der Waals surface area contributed by atoms with Gasteiger partial charge >= 0.3 is 0 Å². The SMILES string of the molecule is O=S(=O)(c1ccccc1)n1cc(Cn2nnc3ccccc32)c2ccccc21. The van der Waals surface area contributed by atoms with Crippen LogP contribution >= 0.6 is 0 Å². The summed E-state index contributed by atoms with van der Waals surface area (Å²) in [6.45, 7) is 0.429. The molecule has 2 heterocycles. The van der Waals surface area contributed by atoms with Gasteiger partial charge in [0.25, 0.3) is 10.0 Å². The summed E-state index contributed by atoms with van der Waals surface area (Å²) in [5, 5.41) is 9.30.